The summed E-state index contributed by atoms with van der Waals surface area (Å²) in [5.74, 6) is 0.712. The van der Waals surface area contributed by atoms with E-state index in [1.165, 1.54) is 0 Å². The minimum atomic E-state index is -4.57. The number of hydrogen-bond donors (Lipinski definition) is 1. The number of nitrogens with zero attached hydrogens (tertiary/aromatic N) is 6. The fraction of sp³-hybridized carbons (Fsp3) is 0.389. The molecule has 2 atom stereocenters. The van der Waals surface area contributed by atoms with Crippen LogP contribution in [0, 0.1) is 0 Å². The van der Waals surface area contributed by atoms with Gasteiger partial charge in [0.2, 0.25) is 5.28 Å². The first-order valence-electron chi connectivity index (χ1n) is 9.23. The first-order valence-corrected chi connectivity index (χ1v) is 10.9. The van der Waals surface area contributed by atoms with E-state index in [0.717, 1.165) is 18.0 Å². The zero-order chi connectivity index (χ0) is 22.7. The van der Waals surface area contributed by atoms with E-state index in [1.807, 2.05) is 0 Å². The molecule has 13 heteroatoms. The Morgan fingerprint density at radius 2 is 1.90 bits per heavy atom. The molecule has 0 aromatic carbocycles. The van der Waals surface area contributed by atoms with Crippen molar-refractivity contribution in [1.82, 2.24) is 34.3 Å². The van der Waals surface area contributed by atoms with Crippen molar-refractivity contribution in [3.05, 3.63) is 46.0 Å². The third-order valence-electron chi connectivity index (χ3n) is 5.21. The van der Waals surface area contributed by atoms with Crippen LogP contribution in [0.5, 0.6) is 0 Å². The van der Waals surface area contributed by atoms with Crippen LogP contribution in [0.25, 0.3) is 16.7 Å². The number of alkyl halides is 3. The van der Waals surface area contributed by atoms with Crippen LogP contribution in [0.1, 0.15) is 30.3 Å². The first kappa shape index (κ1) is 21.6. The Morgan fingerprint density at radius 1 is 1.19 bits per heavy atom. The Labute approximate surface area is 183 Å². The molecule has 0 amide bonds. The highest BCUT2D eigenvalue weighted by atomic mass is 35.5. The van der Waals surface area contributed by atoms with Gasteiger partial charge in [-0.05, 0) is 17.7 Å². The van der Waals surface area contributed by atoms with Crippen molar-refractivity contribution in [3.8, 4) is 0 Å². The van der Waals surface area contributed by atoms with E-state index >= 15 is 0 Å². The highest BCUT2D eigenvalue weighted by molar-refractivity contribution is 7.89. The zero-order valence-corrected chi connectivity index (χ0v) is 18.6. The van der Waals surface area contributed by atoms with Gasteiger partial charge in [0, 0.05) is 26.9 Å². The van der Waals surface area contributed by atoms with Gasteiger partial charge in [0.1, 0.15) is 22.6 Å². The maximum absolute atomic E-state index is 13.1. The largest absolute Gasteiger partial charge is 0.433 e. The van der Waals surface area contributed by atoms with Gasteiger partial charge < -0.3 is 19.4 Å². The van der Waals surface area contributed by atoms with E-state index < -0.39 is 28.8 Å². The average molecular weight is 474 g/mol. The molecule has 4 rings (SSSR count). The molecule has 166 valence electrons. The van der Waals surface area contributed by atoms with Gasteiger partial charge in [-0.3, -0.25) is 4.21 Å². The van der Waals surface area contributed by atoms with Crippen molar-refractivity contribution in [2.45, 2.75) is 19.3 Å². The van der Waals surface area contributed by atoms with Gasteiger partial charge in [0.15, 0.2) is 5.82 Å². The van der Waals surface area contributed by atoms with Gasteiger partial charge in [-0.2, -0.15) is 13.2 Å². The number of imidazole rings is 2. The average Bonchev–Trinajstić information content (AvgIpc) is 3.34. The Morgan fingerprint density at radius 3 is 2.48 bits per heavy atom. The monoisotopic (exact) mass is 473 g/mol. The lowest BCUT2D eigenvalue weighted by Gasteiger charge is -2.24. The van der Waals surface area contributed by atoms with Crippen molar-refractivity contribution in [2.24, 2.45) is 14.1 Å². The third-order valence-corrected chi connectivity index (χ3v) is 7.01. The summed E-state index contributed by atoms with van der Waals surface area (Å²) in [5, 5.41) is 4.10. The second kappa shape index (κ2) is 7.52. The van der Waals surface area contributed by atoms with Crippen molar-refractivity contribution in [3.63, 3.8) is 0 Å². The number of fused-ring (bicyclic) bond motifs is 1. The van der Waals surface area contributed by atoms with Gasteiger partial charge in [-0.1, -0.05) is 6.92 Å². The summed E-state index contributed by atoms with van der Waals surface area (Å²) in [6.07, 6.45) is -2.26. The van der Waals surface area contributed by atoms with Crippen LogP contribution in [0.3, 0.4) is 0 Å². The highest BCUT2D eigenvalue weighted by Crippen LogP contribution is 2.37. The number of hydrogen-bond acceptors (Lipinski definition) is 6. The molecule has 0 saturated heterocycles. The standard InChI is InChI=1S/C18H19ClF3N7OS/c1-5-31(30)16-13(26-14(29(16)4)11-8-24-17(19)28(11)3)15-25-9-6-12(18(20,21)22)23-7-10(9)27(15)2/h6-8,14,26H,5H2,1-4H3. The number of halogens is 4. The third kappa shape index (κ3) is 3.47. The van der Waals surface area contributed by atoms with Crippen LogP contribution >= 0.6 is 11.6 Å². The number of aromatic nitrogens is 5. The SMILES string of the molecule is CCS(=O)C1=C(c2nc3cc(C(F)(F)F)ncc3n2C)NC(c2cnc(Cl)n2C)N1C. The Bertz CT molecular complexity index is 1230. The summed E-state index contributed by atoms with van der Waals surface area (Å²) >= 11 is 6.08. The van der Waals surface area contributed by atoms with E-state index in [1.54, 1.807) is 48.3 Å². The second-order valence-electron chi connectivity index (χ2n) is 7.03. The molecular formula is C18H19ClF3N7OS. The predicted molar refractivity (Wildman–Crippen MR) is 111 cm³/mol. The van der Waals surface area contributed by atoms with Crippen LogP contribution in [0.15, 0.2) is 23.5 Å². The molecule has 0 saturated carbocycles. The van der Waals surface area contributed by atoms with Crippen LogP contribution in [0.4, 0.5) is 13.2 Å². The lowest BCUT2D eigenvalue weighted by Crippen LogP contribution is -2.28. The second-order valence-corrected chi connectivity index (χ2v) is 9.03. The topological polar surface area (TPSA) is 80.9 Å². The molecule has 0 radical (unpaired) electrons. The lowest BCUT2D eigenvalue weighted by molar-refractivity contribution is -0.141. The summed E-state index contributed by atoms with van der Waals surface area (Å²) in [7, 11) is 3.84. The van der Waals surface area contributed by atoms with Gasteiger partial charge in [-0.25, -0.2) is 15.0 Å². The van der Waals surface area contributed by atoms with Crippen molar-refractivity contribution in [1.29, 1.82) is 0 Å². The molecule has 3 aromatic heterocycles. The molecule has 1 N–H and O–H groups in total. The van der Waals surface area contributed by atoms with E-state index in [9.17, 15) is 17.4 Å². The normalized spacial score (nSPS) is 18.2. The fourth-order valence-electron chi connectivity index (χ4n) is 3.55. The molecule has 0 fully saturated rings. The number of pyridine rings is 1. The molecule has 4 heterocycles. The number of aryl methyl sites for hydroxylation is 1. The molecule has 8 nitrogen and oxygen atoms in total. The Hall–Kier alpha value is -2.60. The van der Waals surface area contributed by atoms with Crippen LogP contribution in [-0.4, -0.2) is 46.0 Å². The quantitative estimate of drug-likeness (QED) is 0.627. The molecular weight excluding hydrogens is 455 g/mol. The summed E-state index contributed by atoms with van der Waals surface area (Å²) < 4.78 is 55.5. The summed E-state index contributed by atoms with van der Waals surface area (Å²) in [6, 6.07) is 0.910. The Kier molecular flexibility index (Phi) is 5.24. The predicted octanol–water partition coefficient (Wildman–Crippen LogP) is 3.00. The van der Waals surface area contributed by atoms with Crippen molar-refractivity contribution >= 4 is 39.1 Å². The molecule has 0 spiro atoms. The van der Waals surface area contributed by atoms with Gasteiger partial charge in [0.25, 0.3) is 0 Å². The maximum atomic E-state index is 13.1. The van der Waals surface area contributed by atoms with Gasteiger partial charge in [0.05, 0.1) is 39.9 Å². The maximum Gasteiger partial charge on any atom is 0.433 e. The van der Waals surface area contributed by atoms with Crippen molar-refractivity contribution in [2.75, 3.05) is 12.8 Å². The van der Waals surface area contributed by atoms with Gasteiger partial charge in [-0.15, -0.1) is 0 Å². The zero-order valence-electron chi connectivity index (χ0n) is 17.0. The summed E-state index contributed by atoms with van der Waals surface area (Å²) in [6.45, 7) is 1.79. The molecule has 3 aromatic rings. The lowest BCUT2D eigenvalue weighted by atomic mass is 10.3. The van der Waals surface area contributed by atoms with Crippen LogP contribution in [0.2, 0.25) is 5.28 Å². The minimum absolute atomic E-state index is 0.144. The van der Waals surface area contributed by atoms with E-state index in [-0.39, 0.29) is 5.52 Å². The molecule has 1 aliphatic heterocycles. The molecule has 0 bridgehead atoms. The first-order chi connectivity index (χ1) is 14.5. The van der Waals surface area contributed by atoms with Crippen LogP contribution < -0.4 is 5.32 Å². The number of nitrogens with one attached hydrogen (secondary N) is 1. The molecule has 0 aliphatic carbocycles. The molecule has 1 aliphatic rings. The minimum Gasteiger partial charge on any atom is -0.355 e. The summed E-state index contributed by atoms with van der Waals surface area (Å²) in [4.78, 5) is 13.8. The van der Waals surface area contributed by atoms with E-state index in [0.29, 0.717) is 33.1 Å². The van der Waals surface area contributed by atoms with Crippen LogP contribution in [-0.2, 0) is 31.1 Å². The summed E-state index contributed by atoms with van der Waals surface area (Å²) in [5.41, 5.74) is 0.749. The van der Waals surface area contributed by atoms with E-state index in [2.05, 4.69) is 20.3 Å². The highest BCUT2D eigenvalue weighted by Gasteiger charge is 2.37. The Balaban J connectivity index is 1.86. The number of rotatable bonds is 4. The van der Waals surface area contributed by atoms with Crippen molar-refractivity contribution < 1.29 is 17.4 Å². The molecule has 2 unspecified atom stereocenters. The molecule has 31 heavy (non-hydrogen) atoms. The fourth-order valence-corrected chi connectivity index (χ4v) is 4.78. The smallest absolute Gasteiger partial charge is 0.355 e. The van der Waals surface area contributed by atoms with Gasteiger partial charge >= 0.3 is 6.18 Å². The van der Waals surface area contributed by atoms with E-state index in [4.69, 9.17) is 11.6 Å².